The van der Waals surface area contributed by atoms with Gasteiger partial charge in [0.05, 0.1) is 11.3 Å². The zero-order valence-electron chi connectivity index (χ0n) is 16.6. The Kier molecular flexibility index (Phi) is 7.93. The van der Waals surface area contributed by atoms with E-state index in [9.17, 15) is 9.90 Å². The summed E-state index contributed by atoms with van der Waals surface area (Å²) in [5, 5.41) is 16.0. The Morgan fingerprint density at radius 3 is 2.61 bits per heavy atom. The molecule has 1 heterocycles. The number of oxime groups is 1. The fourth-order valence-electron chi connectivity index (χ4n) is 4.19. The summed E-state index contributed by atoms with van der Waals surface area (Å²) in [5.41, 5.74) is 4.37. The van der Waals surface area contributed by atoms with Gasteiger partial charge in [0.2, 0.25) is 0 Å². The third-order valence-corrected chi connectivity index (χ3v) is 5.32. The Morgan fingerprint density at radius 1 is 1.29 bits per heavy atom. The van der Waals surface area contributed by atoms with Crippen LogP contribution in [0.1, 0.15) is 56.7 Å². The van der Waals surface area contributed by atoms with Gasteiger partial charge in [0.25, 0.3) is 0 Å². The first-order chi connectivity index (χ1) is 13.0. The van der Waals surface area contributed by atoms with E-state index in [0.29, 0.717) is 37.2 Å². The van der Waals surface area contributed by atoms with Crippen molar-refractivity contribution < 1.29 is 14.7 Å². The summed E-state index contributed by atoms with van der Waals surface area (Å²) in [7, 11) is 2.03. The summed E-state index contributed by atoms with van der Waals surface area (Å²) in [6, 6.07) is 8.25. The van der Waals surface area contributed by atoms with E-state index in [1.54, 1.807) is 0 Å². The summed E-state index contributed by atoms with van der Waals surface area (Å²) in [6.07, 6.45) is 2.27. The van der Waals surface area contributed by atoms with Crippen LogP contribution in [0.2, 0.25) is 0 Å². The van der Waals surface area contributed by atoms with Crippen LogP contribution in [0, 0.1) is 6.92 Å². The van der Waals surface area contributed by atoms with Crippen LogP contribution in [0.25, 0.3) is 10.9 Å². The van der Waals surface area contributed by atoms with Gasteiger partial charge in [-0.3, -0.25) is 4.79 Å². The van der Waals surface area contributed by atoms with Crippen LogP contribution in [0.5, 0.6) is 0 Å². The average molecular weight is 392 g/mol. The number of allylic oxidation sites excluding steroid dienone is 2. The van der Waals surface area contributed by atoms with Crippen LogP contribution in [0.15, 0.2) is 40.8 Å². The van der Waals surface area contributed by atoms with Gasteiger partial charge in [-0.25, -0.2) is 0 Å². The van der Waals surface area contributed by atoms with Crippen LogP contribution in [0.4, 0.5) is 0 Å². The molecule has 28 heavy (non-hydrogen) atoms. The topological polar surface area (TPSA) is 63.8 Å². The quantitative estimate of drug-likeness (QED) is 0.453. The number of para-hydroxylation sites is 1. The van der Waals surface area contributed by atoms with Crippen molar-refractivity contribution in [2.24, 2.45) is 12.2 Å². The fourth-order valence-corrected chi connectivity index (χ4v) is 4.19. The molecule has 6 heteroatoms. The Labute approximate surface area is 188 Å². The number of aliphatic hydroxyl groups excluding tert-OH is 1. The predicted octanol–water partition coefficient (Wildman–Crippen LogP) is 4.29. The van der Waals surface area contributed by atoms with Gasteiger partial charge in [-0.1, -0.05) is 36.7 Å². The van der Waals surface area contributed by atoms with Crippen molar-refractivity contribution in [2.45, 2.75) is 52.4 Å². The number of rotatable bonds is 6. The molecule has 0 saturated carbocycles. The van der Waals surface area contributed by atoms with Crippen molar-refractivity contribution >= 4 is 52.0 Å². The molecule has 1 unspecified atom stereocenters. The number of aromatic nitrogens is 1. The SMILES string of the molecule is CCC/C(=N\OCC)C1=C(O)CC(c2c(C)c3ccccc3n2C)CC1=O.[NaH]. The number of ketones is 1. The van der Waals surface area contributed by atoms with Gasteiger partial charge in [0, 0.05) is 42.4 Å². The first kappa shape index (κ1) is 22.7. The molecule has 0 aliphatic heterocycles. The van der Waals surface area contributed by atoms with Crippen LogP contribution in [-0.2, 0) is 16.7 Å². The molecule has 1 aliphatic carbocycles. The molecule has 0 radical (unpaired) electrons. The standard InChI is InChI=1S/C22H28N2O3.Na.H/c1-5-9-17(23-27-6-2)21-19(25)12-15(13-20(21)26)22-14(3)16-10-7-8-11-18(16)24(22)4;;/h7-8,10-11,15,25H,5-6,9,12-13H2,1-4H3;;/b23-17+;;. The van der Waals surface area contributed by atoms with E-state index in [0.717, 1.165) is 17.6 Å². The molecule has 1 N–H and O–H groups in total. The van der Waals surface area contributed by atoms with E-state index in [1.807, 2.05) is 33.0 Å². The molecule has 0 bridgehead atoms. The second-order valence-electron chi connectivity index (χ2n) is 7.14. The van der Waals surface area contributed by atoms with Gasteiger partial charge in [-0.2, -0.15) is 0 Å². The Hall–Kier alpha value is -1.56. The molecular weight excluding hydrogens is 363 g/mol. The number of hydrogen-bond donors (Lipinski definition) is 1. The number of benzene rings is 1. The first-order valence-corrected chi connectivity index (χ1v) is 9.67. The van der Waals surface area contributed by atoms with Crippen molar-refractivity contribution in [3.05, 3.63) is 46.9 Å². The van der Waals surface area contributed by atoms with Crippen LogP contribution in [0.3, 0.4) is 0 Å². The molecule has 3 rings (SSSR count). The van der Waals surface area contributed by atoms with E-state index in [4.69, 9.17) is 4.84 Å². The molecule has 0 amide bonds. The van der Waals surface area contributed by atoms with Gasteiger partial charge in [-0.05, 0) is 31.9 Å². The molecule has 146 valence electrons. The fraction of sp³-hybridized carbons (Fsp3) is 0.455. The first-order valence-electron chi connectivity index (χ1n) is 9.67. The van der Waals surface area contributed by atoms with Gasteiger partial charge >= 0.3 is 29.6 Å². The minimum absolute atomic E-state index is 0. The van der Waals surface area contributed by atoms with Crippen LogP contribution < -0.4 is 0 Å². The molecule has 2 aromatic rings. The Bertz CT molecular complexity index is 888. The van der Waals surface area contributed by atoms with E-state index in [2.05, 4.69) is 28.8 Å². The van der Waals surface area contributed by atoms with Crippen molar-refractivity contribution in [2.75, 3.05) is 6.61 Å². The number of carbonyl (C=O) groups is 1. The molecule has 1 aromatic carbocycles. The monoisotopic (exact) mass is 392 g/mol. The summed E-state index contributed by atoms with van der Waals surface area (Å²) in [5.74, 6) is 0.0433. The summed E-state index contributed by atoms with van der Waals surface area (Å²) in [4.78, 5) is 18.1. The van der Waals surface area contributed by atoms with Crippen LogP contribution >= 0.6 is 0 Å². The predicted molar refractivity (Wildman–Crippen MR) is 115 cm³/mol. The molecule has 0 fully saturated rings. The molecule has 1 atom stereocenters. The number of Topliss-reactive ketones (excluding diaryl/α,β-unsaturated/α-hetero) is 1. The Balaban J connectivity index is 0.00000280. The van der Waals surface area contributed by atoms with E-state index >= 15 is 0 Å². The van der Waals surface area contributed by atoms with Gasteiger partial charge in [0.15, 0.2) is 5.78 Å². The molecule has 5 nitrogen and oxygen atoms in total. The van der Waals surface area contributed by atoms with Crippen molar-refractivity contribution in [3.63, 3.8) is 0 Å². The maximum absolute atomic E-state index is 12.9. The zero-order valence-corrected chi connectivity index (χ0v) is 16.6. The summed E-state index contributed by atoms with van der Waals surface area (Å²) < 4.78 is 2.15. The van der Waals surface area contributed by atoms with Gasteiger partial charge in [0.1, 0.15) is 12.4 Å². The summed E-state index contributed by atoms with van der Waals surface area (Å²) in [6.45, 7) is 6.40. The van der Waals surface area contributed by atoms with Crippen LogP contribution in [-0.4, -0.2) is 57.3 Å². The molecular formula is C22H29N2NaO3. The van der Waals surface area contributed by atoms with Crippen molar-refractivity contribution in [1.29, 1.82) is 0 Å². The second kappa shape index (κ2) is 9.77. The second-order valence-corrected chi connectivity index (χ2v) is 7.14. The third kappa shape index (κ3) is 4.22. The van der Waals surface area contributed by atoms with E-state index < -0.39 is 0 Å². The Morgan fingerprint density at radius 2 is 2.00 bits per heavy atom. The van der Waals surface area contributed by atoms with E-state index in [1.165, 1.54) is 10.9 Å². The average Bonchev–Trinajstić information content (AvgIpc) is 2.90. The number of hydrogen-bond acceptors (Lipinski definition) is 4. The van der Waals surface area contributed by atoms with Crippen molar-refractivity contribution in [1.82, 2.24) is 4.57 Å². The maximum atomic E-state index is 12.9. The number of aliphatic hydroxyl groups is 1. The number of fused-ring (bicyclic) bond motifs is 1. The molecule has 0 saturated heterocycles. The van der Waals surface area contributed by atoms with Gasteiger partial charge < -0.3 is 14.5 Å². The molecule has 1 aliphatic rings. The van der Waals surface area contributed by atoms with Gasteiger partial charge in [-0.15, -0.1) is 0 Å². The number of nitrogens with zero attached hydrogens (tertiary/aromatic N) is 2. The minimum atomic E-state index is -0.0553. The molecule has 0 spiro atoms. The normalized spacial score (nSPS) is 17.8. The third-order valence-electron chi connectivity index (χ3n) is 5.32. The van der Waals surface area contributed by atoms with E-state index in [-0.39, 0.29) is 47.0 Å². The summed E-state index contributed by atoms with van der Waals surface area (Å²) >= 11 is 0. The van der Waals surface area contributed by atoms with Crippen molar-refractivity contribution in [3.8, 4) is 0 Å². The number of aryl methyl sites for hydroxylation is 2. The number of carbonyl (C=O) groups excluding carboxylic acids is 1. The molecule has 1 aromatic heterocycles. The zero-order chi connectivity index (χ0) is 19.6.